The van der Waals surface area contributed by atoms with Crippen LogP contribution >= 0.6 is 0 Å². The molecule has 2 aromatic rings. The van der Waals surface area contributed by atoms with Crippen LogP contribution in [0.25, 0.3) is 0 Å². The van der Waals surface area contributed by atoms with Crippen molar-refractivity contribution in [2.75, 3.05) is 30.9 Å². The molecule has 0 aliphatic carbocycles. The Morgan fingerprint density at radius 3 is 3.10 bits per heavy atom. The average Bonchev–Trinajstić information content (AvgIpc) is 2.53. The van der Waals surface area contributed by atoms with Crippen molar-refractivity contribution in [3.05, 3.63) is 47.7 Å². The maximum atomic E-state index is 5.26. The van der Waals surface area contributed by atoms with E-state index < -0.39 is 0 Å². The van der Waals surface area contributed by atoms with E-state index in [1.165, 1.54) is 29.7 Å². The molecule has 4 nitrogen and oxygen atoms in total. The van der Waals surface area contributed by atoms with Crippen molar-refractivity contribution in [1.29, 1.82) is 0 Å². The topological polar surface area (TPSA) is 37.4 Å². The lowest BCUT2D eigenvalue weighted by Crippen LogP contribution is -2.24. The first kappa shape index (κ1) is 13.7. The Kier molecular flexibility index (Phi) is 3.95. The number of aryl methyl sites for hydroxylation is 1. The number of anilines is 2. The predicted molar refractivity (Wildman–Crippen MR) is 86.1 cm³/mol. The van der Waals surface area contributed by atoms with E-state index in [4.69, 9.17) is 4.74 Å². The highest BCUT2D eigenvalue weighted by Gasteiger charge is 2.13. The Morgan fingerprint density at radius 2 is 2.24 bits per heavy atom. The first-order chi connectivity index (χ1) is 10.3. The van der Waals surface area contributed by atoms with Gasteiger partial charge in [0.25, 0.3) is 0 Å². The lowest BCUT2D eigenvalue weighted by molar-refractivity contribution is 0.399. The van der Waals surface area contributed by atoms with Crippen LogP contribution in [0.15, 0.2) is 36.5 Å². The number of nitrogens with one attached hydrogen (secondary N) is 1. The van der Waals surface area contributed by atoms with Gasteiger partial charge in [-0.2, -0.15) is 0 Å². The molecule has 1 aromatic carbocycles. The van der Waals surface area contributed by atoms with Crippen LogP contribution in [-0.2, 0) is 13.0 Å². The minimum atomic E-state index is 0.634. The fraction of sp³-hybridized carbons (Fsp3) is 0.353. The number of fused-ring (bicyclic) bond motifs is 1. The van der Waals surface area contributed by atoms with E-state index in [9.17, 15) is 0 Å². The lowest BCUT2D eigenvalue weighted by atomic mass is 9.99. The summed E-state index contributed by atoms with van der Waals surface area (Å²) in [5, 5.41) is 3.40. The van der Waals surface area contributed by atoms with Gasteiger partial charge in [-0.3, -0.25) is 0 Å². The number of hydrogen-bond donors (Lipinski definition) is 1. The molecule has 110 valence electrons. The second-order valence-corrected chi connectivity index (χ2v) is 5.40. The zero-order valence-electron chi connectivity index (χ0n) is 12.6. The summed E-state index contributed by atoms with van der Waals surface area (Å²) in [5.74, 6) is 0.634. The summed E-state index contributed by atoms with van der Waals surface area (Å²) < 4.78 is 5.26. The number of aromatic nitrogens is 1. The first-order valence-corrected chi connectivity index (χ1v) is 7.34. The number of nitrogens with zero attached hydrogens (tertiary/aromatic N) is 2. The average molecular weight is 283 g/mol. The third kappa shape index (κ3) is 2.94. The largest absolute Gasteiger partial charge is 0.480 e. The van der Waals surface area contributed by atoms with Crippen LogP contribution in [0, 0.1) is 0 Å². The number of hydrogen-bond acceptors (Lipinski definition) is 4. The number of rotatable bonds is 4. The van der Waals surface area contributed by atoms with Crippen molar-refractivity contribution in [3.8, 4) is 5.88 Å². The molecule has 0 atom stereocenters. The molecule has 21 heavy (non-hydrogen) atoms. The van der Waals surface area contributed by atoms with E-state index in [-0.39, 0.29) is 0 Å². The molecule has 1 N–H and O–H groups in total. The second kappa shape index (κ2) is 6.04. The van der Waals surface area contributed by atoms with Crippen molar-refractivity contribution < 1.29 is 4.74 Å². The molecule has 0 fully saturated rings. The van der Waals surface area contributed by atoms with Crippen LogP contribution in [0.4, 0.5) is 11.4 Å². The Bertz CT molecular complexity index is 627. The van der Waals surface area contributed by atoms with E-state index in [0.717, 1.165) is 18.8 Å². The lowest BCUT2D eigenvalue weighted by Gasteiger charge is -2.27. The summed E-state index contributed by atoms with van der Waals surface area (Å²) >= 11 is 0. The van der Waals surface area contributed by atoms with Gasteiger partial charge in [0.2, 0.25) is 5.88 Å². The number of pyridine rings is 1. The van der Waals surface area contributed by atoms with Gasteiger partial charge in [0, 0.05) is 32.0 Å². The highest BCUT2D eigenvalue weighted by atomic mass is 16.5. The Labute approximate surface area is 125 Å². The predicted octanol–water partition coefficient (Wildman–Crippen LogP) is 3.08. The molecule has 0 unspecified atom stereocenters. The number of methoxy groups -OCH3 is 1. The fourth-order valence-corrected chi connectivity index (χ4v) is 2.83. The SMILES string of the molecule is COc1ncccc1NCc1ccc2c(c1)CCCN2C. The minimum Gasteiger partial charge on any atom is -0.480 e. The third-order valence-corrected chi connectivity index (χ3v) is 3.94. The first-order valence-electron chi connectivity index (χ1n) is 7.34. The normalized spacial score (nSPS) is 13.7. The van der Waals surface area contributed by atoms with E-state index in [2.05, 4.69) is 40.4 Å². The molecule has 3 rings (SSSR count). The van der Waals surface area contributed by atoms with Gasteiger partial charge in [-0.25, -0.2) is 4.98 Å². The van der Waals surface area contributed by atoms with Gasteiger partial charge in [-0.1, -0.05) is 12.1 Å². The number of ether oxygens (including phenoxy) is 1. The Hall–Kier alpha value is -2.23. The van der Waals surface area contributed by atoms with Gasteiger partial charge >= 0.3 is 0 Å². The highest BCUT2D eigenvalue weighted by molar-refractivity contribution is 5.57. The third-order valence-electron chi connectivity index (χ3n) is 3.94. The molecular formula is C17H21N3O. The van der Waals surface area contributed by atoms with Gasteiger partial charge in [-0.15, -0.1) is 0 Å². The van der Waals surface area contributed by atoms with E-state index >= 15 is 0 Å². The molecule has 1 aromatic heterocycles. The van der Waals surface area contributed by atoms with Gasteiger partial charge in [0.05, 0.1) is 12.8 Å². The molecule has 0 saturated carbocycles. The Morgan fingerprint density at radius 1 is 1.33 bits per heavy atom. The molecule has 4 heteroatoms. The monoisotopic (exact) mass is 283 g/mol. The minimum absolute atomic E-state index is 0.634. The zero-order chi connectivity index (χ0) is 14.7. The maximum absolute atomic E-state index is 5.26. The second-order valence-electron chi connectivity index (χ2n) is 5.40. The summed E-state index contributed by atoms with van der Waals surface area (Å²) in [6.07, 6.45) is 4.14. The highest BCUT2D eigenvalue weighted by Crippen LogP contribution is 2.27. The van der Waals surface area contributed by atoms with Crippen molar-refractivity contribution in [2.24, 2.45) is 0 Å². The quantitative estimate of drug-likeness (QED) is 0.935. The van der Waals surface area contributed by atoms with Gasteiger partial charge in [-0.05, 0) is 42.2 Å². The molecule has 0 amide bonds. The van der Waals surface area contributed by atoms with Crippen molar-refractivity contribution >= 4 is 11.4 Å². The standard InChI is InChI=1S/C17H21N3O/c1-20-10-4-5-14-11-13(7-8-16(14)20)12-19-15-6-3-9-18-17(15)21-2/h3,6-9,11,19H,4-5,10,12H2,1-2H3. The maximum Gasteiger partial charge on any atom is 0.237 e. The molecular weight excluding hydrogens is 262 g/mol. The molecule has 0 spiro atoms. The van der Waals surface area contributed by atoms with Crippen molar-refractivity contribution in [2.45, 2.75) is 19.4 Å². The van der Waals surface area contributed by atoms with Crippen LogP contribution in [-0.4, -0.2) is 25.7 Å². The smallest absolute Gasteiger partial charge is 0.237 e. The molecule has 0 bridgehead atoms. The van der Waals surface area contributed by atoms with Gasteiger partial charge in [0.15, 0.2) is 0 Å². The summed E-state index contributed by atoms with van der Waals surface area (Å²) in [7, 11) is 3.80. The summed E-state index contributed by atoms with van der Waals surface area (Å²) in [6, 6.07) is 10.6. The molecule has 2 heterocycles. The van der Waals surface area contributed by atoms with E-state index in [1.807, 2.05) is 12.1 Å². The summed E-state index contributed by atoms with van der Waals surface area (Å²) in [5.41, 5.74) is 5.02. The van der Waals surface area contributed by atoms with Crippen LogP contribution in [0.5, 0.6) is 5.88 Å². The van der Waals surface area contributed by atoms with Gasteiger partial charge < -0.3 is 15.0 Å². The van der Waals surface area contributed by atoms with Crippen LogP contribution in [0.1, 0.15) is 17.5 Å². The van der Waals surface area contributed by atoms with Crippen LogP contribution < -0.4 is 15.0 Å². The van der Waals surface area contributed by atoms with E-state index in [1.54, 1.807) is 13.3 Å². The number of benzene rings is 1. The summed E-state index contributed by atoms with van der Waals surface area (Å²) in [4.78, 5) is 6.53. The van der Waals surface area contributed by atoms with Crippen LogP contribution in [0.2, 0.25) is 0 Å². The van der Waals surface area contributed by atoms with Crippen LogP contribution in [0.3, 0.4) is 0 Å². The van der Waals surface area contributed by atoms with Crippen molar-refractivity contribution in [3.63, 3.8) is 0 Å². The molecule has 1 aliphatic heterocycles. The van der Waals surface area contributed by atoms with Crippen molar-refractivity contribution in [1.82, 2.24) is 4.98 Å². The Balaban J connectivity index is 1.74. The summed E-state index contributed by atoms with van der Waals surface area (Å²) in [6.45, 7) is 1.93. The molecule has 0 radical (unpaired) electrons. The fourth-order valence-electron chi connectivity index (χ4n) is 2.83. The zero-order valence-corrected chi connectivity index (χ0v) is 12.6. The molecule has 0 saturated heterocycles. The van der Waals surface area contributed by atoms with Gasteiger partial charge in [0.1, 0.15) is 0 Å². The molecule has 1 aliphatic rings. The van der Waals surface area contributed by atoms with E-state index in [0.29, 0.717) is 5.88 Å².